The van der Waals surface area contributed by atoms with Gasteiger partial charge in [-0.15, -0.1) is 0 Å². The summed E-state index contributed by atoms with van der Waals surface area (Å²) in [6.07, 6.45) is 1.86. The molecule has 5 heteroatoms. The van der Waals surface area contributed by atoms with Crippen LogP contribution in [0.5, 0.6) is 0 Å². The number of rotatable bonds is 1. The van der Waals surface area contributed by atoms with E-state index in [-0.39, 0.29) is 0 Å². The Balaban J connectivity index is 0.000000386. The molecule has 2 aromatic rings. The van der Waals surface area contributed by atoms with Crippen molar-refractivity contribution < 1.29 is 9.46 Å². The average Bonchev–Trinajstić information content (AvgIpc) is 2.32. The zero-order valence-corrected chi connectivity index (χ0v) is 12.2. The van der Waals surface area contributed by atoms with Crippen LogP contribution in [0.15, 0.2) is 48.7 Å². The topological polar surface area (TPSA) is 50.2 Å². The Kier molecular flexibility index (Phi) is 6.62. The van der Waals surface area contributed by atoms with Crippen molar-refractivity contribution in [1.29, 1.82) is 0 Å². The van der Waals surface area contributed by atoms with Crippen LogP contribution in [-0.2, 0) is 4.57 Å². The van der Waals surface area contributed by atoms with Crippen LogP contribution in [0.1, 0.15) is 0 Å². The van der Waals surface area contributed by atoms with E-state index in [1.54, 1.807) is 0 Å². The van der Waals surface area contributed by atoms with Crippen LogP contribution in [0.2, 0.25) is 0 Å². The Morgan fingerprint density at radius 1 is 1.12 bits per heavy atom. The molecule has 1 aromatic heterocycles. The number of nitrogens with zero attached hydrogens (tertiary/aromatic N) is 1. The quantitative estimate of drug-likeness (QED) is 0.604. The second-order valence-corrected chi connectivity index (χ2v) is 4.27. The zero-order chi connectivity index (χ0) is 11.8. The molecule has 2 rings (SSSR count). The molecule has 0 saturated heterocycles. The fourth-order valence-corrected chi connectivity index (χ4v) is 2.01. The summed E-state index contributed by atoms with van der Waals surface area (Å²) >= 11 is 0.999. The predicted molar refractivity (Wildman–Crippen MR) is 67.7 cm³/mol. The molecule has 0 spiro atoms. The van der Waals surface area contributed by atoms with Crippen molar-refractivity contribution in [1.82, 2.24) is 4.98 Å². The van der Waals surface area contributed by atoms with Crippen molar-refractivity contribution in [3.05, 3.63) is 48.7 Å². The fourth-order valence-electron chi connectivity index (χ4n) is 1.41. The SMILES string of the molecule is O=[PH2]O.[Na][c]1ncccc1-c1ccccc1. The van der Waals surface area contributed by atoms with Gasteiger partial charge in [-0.25, -0.2) is 0 Å². The zero-order valence-electron chi connectivity index (χ0n) is 9.00. The third kappa shape index (κ3) is 4.20. The summed E-state index contributed by atoms with van der Waals surface area (Å²) in [5.41, 5.74) is 2.54. The third-order valence-corrected chi connectivity index (χ3v) is 2.89. The summed E-state index contributed by atoms with van der Waals surface area (Å²) in [6.45, 7) is 0. The van der Waals surface area contributed by atoms with Gasteiger partial charge in [-0.05, 0) is 0 Å². The van der Waals surface area contributed by atoms with Crippen molar-refractivity contribution in [3.8, 4) is 11.1 Å². The van der Waals surface area contributed by atoms with Crippen molar-refractivity contribution >= 4 is 39.6 Å². The van der Waals surface area contributed by atoms with E-state index in [9.17, 15) is 0 Å². The van der Waals surface area contributed by atoms with Gasteiger partial charge >= 0.3 is 95.6 Å². The summed E-state index contributed by atoms with van der Waals surface area (Å²) < 4.78 is 9.79. The van der Waals surface area contributed by atoms with Crippen LogP contribution in [0.25, 0.3) is 11.1 Å². The van der Waals surface area contributed by atoms with Crippen LogP contribution < -0.4 is 2.94 Å². The van der Waals surface area contributed by atoms with E-state index in [1.165, 1.54) is 14.1 Å². The molecule has 0 aliphatic rings. The van der Waals surface area contributed by atoms with Gasteiger partial charge in [0.2, 0.25) is 0 Å². The molecule has 1 unspecified atom stereocenters. The molecule has 0 radical (unpaired) electrons. The summed E-state index contributed by atoms with van der Waals surface area (Å²) in [5, 5.41) is 0. The molecule has 0 aliphatic heterocycles. The molecule has 0 amide bonds. The molecule has 3 nitrogen and oxygen atoms in total. The van der Waals surface area contributed by atoms with E-state index in [1.807, 2.05) is 18.3 Å². The number of hydrogen-bond acceptors (Lipinski definition) is 2. The molecular formula is C11H11NNaO2P. The van der Waals surface area contributed by atoms with Crippen molar-refractivity contribution in [3.63, 3.8) is 0 Å². The van der Waals surface area contributed by atoms with Gasteiger partial charge in [0.15, 0.2) is 8.69 Å². The van der Waals surface area contributed by atoms with Gasteiger partial charge in [0, 0.05) is 0 Å². The van der Waals surface area contributed by atoms with Crippen LogP contribution in [0, 0.1) is 0 Å². The molecule has 78 valence electrons. The van der Waals surface area contributed by atoms with E-state index in [0.717, 1.165) is 27.9 Å². The fraction of sp³-hybridized carbons (Fsp3) is 0. The number of pyridine rings is 1. The summed E-state index contributed by atoms with van der Waals surface area (Å²) in [6, 6.07) is 14.5. The molecule has 0 fully saturated rings. The molecule has 0 bridgehead atoms. The van der Waals surface area contributed by atoms with Gasteiger partial charge in [0.05, 0.1) is 0 Å². The number of benzene rings is 1. The van der Waals surface area contributed by atoms with Crippen molar-refractivity contribution in [2.45, 2.75) is 0 Å². The van der Waals surface area contributed by atoms with Gasteiger partial charge in [0.25, 0.3) is 0 Å². The molecular weight excluding hydrogens is 232 g/mol. The van der Waals surface area contributed by atoms with Crippen LogP contribution in [-0.4, -0.2) is 37.8 Å². The maximum atomic E-state index is 8.57. The molecule has 1 N–H and O–H groups in total. The normalized spacial score (nSPS) is 9.94. The predicted octanol–water partition coefficient (Wildman–Crippen LogP) is 1.19. The third-order valence-electron chi connectivity index (χ3n) is 2.09. The average molecular weight is 243 g/mol. The van der Waals surface area contributed by atoms with Crippen LogP contribution in [0.3, 0.4) is 0 Å². The molecule has 1 atom stereocenters. The Labute approximate surface area is 113 Å². The first-order valence-electron chi connectivity index (χ1n) is 4.84. The second kappa shape index (κ2) is 7.77. The van der Waals surface area contributed by atoms with E-state index in [0.29, 0.717) is 0 Å². The number of hydrogen-bond donors (Lipinski definition) is 1. The molecule has 16 heavy (non-hydrogen) atoms. The van der Waals surface area contributed by atoms with Gasteiger partial charge in [0.1, 0.15) is 0 Å². The standard InChI is InChI=1S/C11H8N.Na.H3O2P/c1-2-5-10(6-3-1)11-7-4-8-12-9-11;;1-3-2/h1-8H;;3H2,(H,1,2). The van der Waals surface area contributed by atoms with Crippen molar-refractivity contribution in [2.24, 2.45) is 0 Å². The van der Waals surface area contributed by atoms with E-state index in [2.05, 4.69) is 35.3 Å². The van der Waals surface area contributed by atoms with Crippen LogP contribution in [0.4, 0.5) is 0 Å². The first-order valence-corrected chi connectivity index (χ1v) is 6.83. The second-order valence-electron chi connectivity index (χ2n) is 3.11. The van der Waals surface area contributed by atoms with Gasteiger partial charge in [-0.1, -0.05) is 0 Å². The monoisotopic (exact) mass is 243 g/mol. The van der Waals surface area contributed by atoms with Gasteiger partial charge in [-0.3, -0.25) is 4.57 Å². The van der Waals surface area contributed by atoms with Crippen LogP contribution >= 0.6 is 8.69 Å². The van der Waals surface area contributed by atoms with E-state index in [4.69, 9.17) is 9.46 Å². The molecule has 0 aliphatic carbocycles. The summed E-state index contributed by atoms with van der Waals surface area (Å²) in [7, 11) is -1.50. The minimum atomic E-state index is -1.50. The number of aromatic nitrogens is 1. The Morgan fingerprint density at radius 2 is 1.75 bits per heavy atom. The Bertz CT molecular complexity index is 451. The van der Waals surface area contributed by atoms with E-state index >= 15 is 0 Å². The molecule has 1 aromatic carbocycles. The first-order chi connectivity index (χ1) is 7.79. The van der Waals surface area contributed by atoms with Gasteiger partial charge in [-0.2, -0.15) is 0 Å². The van der Waals surface area contributed by atoms with Gasteiger partial charge < -0.3 is 4.89 Å². The summed E-state index contributed by atoms with van der Waals surface area (Å²) in [4.78, 5) is 11.4. The Morgan fingerprint density at radius 3 is 2.31 bits per heavy atom. The summed E-state index contributed by atoms with van der Waals surface area (Å²) in [5.74, 6) is 0. The Hall–Kier alpha value is -0.440. The molecule has 0 saturated carbocycles. The maximum absolute atomic E-state index is 8.57. The first kappa shape index (κ1) is 13.6. The molecule has 1 heterocycles. The van der Waals surface area contributed by atoms with Crippen molar-refractivity contribution in [2.75, 3.05) is 0 Å². The van der Waals surface area contributed by atoms with E-state index < -0.39 is 8.69 Å². The minimum absolute atomic E-state index is 0.999.